The van der Waals surface area contributed by atoms with Crippen molar-refractivity contribution in [3.8, 4) is 11.4 Å². The molecule has 0 saturated heterocycles. The maximum Gasteiger partial charge on any atom is 0.338 e. The summed E-state index contributed by atoms with van der Waals surface area (Å²) in [6.07, 6.45) is 0. The number of carbonyl (C=O) groups is 1. The molecule has 0 saturated carbocycles. The van der Waals surface area contributed by atoms with E-state index in [0.717, 1.165) is 5.56 Å². The summed E-state index contributed by atoms with van der Waals surface area (Å²) in [5.74, 6) is 0.411. The molecule has 4 rings (SSSR count). The predicted molar refractivity (Wildman–Crippen MR) is 111 cm³/mol. The number of H-pyrrole nitrogens is 1. The van der Waals surface area contributed by atoms with E-state index in [-0.39, 0.29) is 22.3 Å². The van der Waals surface area contributed by atoms with E-state index in [1.54, 1.807) is 25.1 Å². The number of aryl methyl sites for hydroxylation is 1. The van der Waals surface area contributed by atoms with E-state index in [2.05, 4.69) is 25.1 Å². The van der Waals surface area contributed by atoms with Crippen LogP contribution in [0.4, 0.5) is 0 Å². The number of rotatable bonds is 5. The minimum Gasteiger partial charge on any atom is -0.465 e. The van der Waals surface area contributed by atoms with E-state index in [0.29, 0.717) is 27.6 Å². The van der Waals surface area contributed by atoms with Crippen LogP contribution < -0.4 is 5.56 Å². The van der Waals surface area contributed by atoms with Gasteiger partial charge in [0.2, 0.25) is 11.7 Å². The molecule has 3 heterocycles. The molecular formula is C19H14ClN5O4S. The lowest BCUT2D eigenvalue weighted by molar-refractivity contribution is 0.0602. The highest BCUT2D eigenvalue weighted by atomic mass is 35.5. The molecule has 0 fully saturated rings. The van der Waals surface area contributed by atoms with Crippen molar-refractivity contribution >= 4 is 40.4 Å². The zero-order chi connectivity index (χ0) is 21.3. The highest BCUT2D eigenvalue weighted by Gasteiger charge is 2.18. The third-order valence-electron chi connectivity index (χ3n) is 4.07. The van der Waals surface area contributed by atoms with E-state index < -0.39 is 11.5 Å². The first-order chi connectivity index (χ1) is 14.4. The maximum atomic E-state index is 12.6. The molecule has 1 N–H and O–H groups in total. The number of esters is 1. The second kappa shape index (κ2) is 8.25. The van der Waals surface area contributed by atoms with Crippen molar-refractivity contribution in [1.29, 1.82) is 0 Å². The standard InChI is InChI=1S/C19H14ClN5O4S/c1-9-6-12(18(27)28-2)14-16(21-9)23-19(24-17(14)26)30-8-13-22-15(25-29-13)10-4-3-5-11(20)7-10/h3-7H,8H2,1-2H3,(H,21,23,24,26). The van der Waals surface area contributed by atoms with Crippen molar-refractivity contribution < 1.29 is 14.1 Å². The monoisotopic (exact) mass is 443 g/mol. The van der Waals surface area contributed by atoms with Gasteiger partial charge in [-0.25, -0.2) is 14.8 Å². The van der Waals surface area contributed by atoms with Crippen LogP contribution in [-0.4, -0.2) is 38.2 Å². The van der Waals surface area contributed by atoms with Crippen LogP contribution >= 0.6 is 23.4 Å². The van der Waals surface area contributed by atoms with Gasteiger partial charge in [0.05, 0.1) is 23.8 Å². The minimum atomic E-state index is -0.627. The molecule has 3 aromatic heterocycles. The first-order valence-corrected chi connectivity index (χ1v) is 10.0. The Morgan fingerprint density at radius 2 is 2.10 bits per heavy atom. The number of nitrogens with zero attached hydrogens (tertiary/aromatic N) is 4. The minimum absolute atomic E-state index is 0.0813. The second-order valence-corrected chi connectivity index (χ2v) is 7.58. The van der Waals surface area contributed by atoms with Gasteiger partial charge >= 0.3 is 5.97 Å². The SMILES string of the molecule is COC(=O)c1cc(C)nc2nc(SCc3nc(-c4cccc(Cl)c4)no3)[nH]c(=O)c12. The van der Waals surface area contributed by atoms with Crippen LogP contribution in [0.1, 0.15) is 21.9 Å². The smallest absolute Gasteiger partial charge is 0.338 e. The Balaban J connectivity index is 1.59. The summed E-state index contributed by atoms with van der Waals surface area (Å²) in [4.78, 5) is 40.1. The summed E-state index contributed by atoms with van der Waals surface area (Å²) in [6.45, 7) is 1.71. The number of hydrogen-bond donors (Lipinski definition) is 1. The number of methoxy groups -OCH3 is 1. The van der Waals surface area contributed by atoms with Crippen LogP contribution in [0.5, 0.6) is 0 Å². The van der Waals surface area contributed by atoms with Crippen molar-refractivity contribution in [1.82, 2.24) is 25.1 Å². The molecule has 0 aliphatic heterocycles. The van der Waals surface area contributed by atoms with Crippen LogP contribution in [0.3, 0.4) is 0 Å². The lowest BCUT2D eigenvalue weighted by atomic mass is 10.1. The molecule has 0 amide bonds. The number of ether oxygens (including phenoxy) is 1. The van der Waals surface area contributed by atoms with E-state index in [1.165, 1.54) is 24.9 Å². The Kier molecular flexibility index (Phi) is 5.51. The number of aromatic amines is 1. The fourth-order valence-corrected chi connectivity index (χ4v) is 3.66. The Labute approximate surface area is 178 Å². The maximum absolute atomic E-state index is 12.6. The second-order valence-electron chi connectivity index (χ2n) is 6.18. The predicted octanol–water partition coefficient (Wildman–Crippen LogP) is 3.41. The average Bonchev–Trinajstić information content (AvgIpc) is 3.20. The highest BCUT2D eigenvalue weighted by Crippen LogP contribution is 2.24. The molecule has 1 aromatic carbocycles. The van der Waals surface area contributed by atoms with Crippen molar-refractivity contribution in [3.05, 3.63) is 62.9 Å². The molecule has 11 heteroatoms. The quantitative estimate of drug-likeness (QED) is 0.280. The van der Waals surface area contributed by atoms with Crippen LogP contribution in [0, 0.1) is 6.92 Å². The Bertz CT molecular complexity index is 1320. The molecule has 0 spiro atoms. The number of pyridine rings is 1. The number of benzene rings is 1. The van der Waals surface area contributed by atoms with Gasteiger partial charge in [-0.1, -0.05) is 40.7 Å². The van der Waals surface area contributed by atoms with Gasteiger partial charge in [0.25, 0.3) is 5.56 Å². The van der Waals surface area contributed by atoms with Crippen LogP contribution in [-0.2, 0) is 10.5 Å². The summed E-state index contributed by atoms with van der Waals surface area (Å²) >= 11 is 7.18. The normalized spacial score (nSPS) is 11.0. The summed E-state index contributed by atoms with van der Waals surface area (Å²) in [6, 6.07) is 8.60. The Morgan fingerprint density at radius 3 is 2.87 bits per heavy atom. The first-order valence-electron chi connectivity index (χ1n) is 8.66. The summed E-state index contributed by atoms with van der Waals surface area (Å²) in [5.41, 5.74) is 1.07. The molecule has 0 bridgehead atoms. The van der Waals surface area contributed by atoms with Gasteiger partial charge in [0.15, 0.2) is 10.8 Å². The van der Waals surface area contributed by atoms with Crippen LogP contribution in [0.2, 0.25) is 5.02 Å². The number of aromatic nitrogens is 5. The molecule has 152 valence electrons. The third-order valence-corrected chi connectivity index (χ3v) is 5.17. The van der Waals surface area contributed by atoms with Crippen molar-refractivity contribution in [2.24, 2.45) is 0 Å². The molecule has 4 aromatic rings. The number of nitrogens with one attached hydrogen (secondary N) is 1. The van der Waals surface area contributed by atoms with Gasteiger partial charge in [0.1, 0.15) is 0 Å². The van der Waals surface area contributed by atoms with Crippen LogP contribution in [0.15, 0.2) is 44.8 Å². The zero-order valence-corrected chi connectivity index (χ0v) is 17.4. The van der Waals surface area contributed by atoms with Crippen molar-refractivity contribution in [2.45, 2.75) is 17.8 Å². The van der Waals surface area contributed by atoms with E-state index in [9.17, 15) is 9.59 Å². The average molecular weight is 444 g/mol. The first kappa shape index (κ1) is 20.0. The number of thioether (sulfide) groups is 1. The molecule has 30 heavy (non-hydrogen) atoms. The molecule has 0 aliphatic rings. The lowest BCUT2D eigenvalue weighted by Gasteiger charge is -2.06. The van der Waals surface area contributed by atoms with Crippen LogP contribution in [0.25, 0.3) is 22.4 Å². The molecule has 0 aliphatic carbocycles. The Morgan fingerprint density at radius 1 is 1.27 bits per heavy atom. The summed E-state index contributed by atoms with van der Waals surface area (Å²) in [5, 5.41) is 4.91. The van der Waals surface area contributed by atoms with Crippen molar-refractivity contribution in [3.63, 3.8) is 0 Å². The number of fused-ring (bicyclic) bond motifs is 1. The van der Waals surface area contributed by atoms with Crippen molar-refractivity contribution in [2.75, 3.05) is 7.11 Å². The van der Waals surface area contributed by atoms with Gasteiger partial charge < -0.3 is 14.2 Å². The third kappa shape index (κ3) is 4.05. The number of halogens is 1. The van der Waals surface area contributed by atoms with Gasteiger partial charge in [-0.3, -0.25) is 4.79 Å². The molecular weight excluding hydrogens is 430 g/mol. The topological polar surface area (TPSA) is 124 Å². The lowest BCUT2D eigenvalue weighted by Crippen LogP contribution is -2.16. The van der Waals surface area contributed by atoms with Gasteiger partial charge in [0, 0.05) is 16.3 Å². The van der Waals surface area contributed by atoms with E-state index >= 15 is 0 Å². The largest absolute Gasteiger partial charge is 0.465 e. The molecule has 0 unspecified atom stereocenters. The van der Waals surface area contributed by atoms with Gasteiger partial charge in [-0.05, 0) is 25.1 Å². The Hall–Kier alpha value is -3.24. The molecule has 0 radical (unpaired) electrons. The summed E-state index contributed by atoms with van der Waals surface area (Å²) in [7, 11) is 1.25. The number of carbonyl (C=O) groups excluding carboxylic acids is 1. The molecule has 0 atom stereocenters. The fraction of sp³-hybridized carbons (Fsp3) is 0.158. The fourth-order valence-electron chi connectivity index (χ4n) is 2.77. The van der Waals surface area contributed by atoms with Gasteiger partial charge in [-0.2, -0.15) is 4.98 Å². The van der Waals surface area contributed by atoms with E-state index in [4.69, 9.17) is 20.9 Å². The van der Waals surface area contributed by atoms with Gasteiger partial charge in [-0.15, -0.1) is 0 Å². The zero-order valence-electron chi connectivity index (χ0n) is 15.8. The summed E-state index contributed by atoms with van der Waals surface area (Å²) < 4.78 is 10.0. The highest BCUT2D eigenvalue weighted by molar-refractivity contribution is 7.98. The molecule has 9 nitrogen and oxygen atoms in total. The van der Waals surface area contributed by atoms with E-state index in [1.807, 2.05) is 6.07 Å². The number of hydrogen-bond acceptors (Lipinski definition) is 9.